The highest BCUT2D eigenvalue weighted by molar-refractivity contribution is 5.89. The number of nitrogens with zero attached hydrogens (tertiary/aromatic N) is 1. The maximum Gasteiger partial charge on any atom is 0.254 e. The molecule has 1 aromatic carbocycles. The number of carbonyl (C=O) groups excluding carboxylic acids is 1. The van der Waals surface area contributed by atoms with Gasteiger partial charge in [0.1, 0.15) is 11.6 Å². The maximum atomic E-state index is 12.4. The van der Waals surface area contributed by atoms with Gasteiger partial charge in [0.05, 0.1) is 17.9 Å². The molecular weight excluding hydrogens is 318 g/mol. The fraction of sp³-hybridized carbons (Fsp3) is 0.421. The summed E-state index contributed by atoms with van der Waals surface area (Å²) in [6.45, 7) is 7.96. The molecule has 0 radical (unpaired) electrons. The molecule has 0 saturated heterocycles. The third-order valence-electron chi connectivity index (χ3n) is 3.81. The number of rotatable bonds is 7. The molecule has 2 N–H and O–H groups in total. The van der Waals surface area contributed by atoms with Crippen LogP contribution >= 0.6 is 0 Å². The summed E-state index contributed by atoms with van der Waals surface area (Å²) < 4.78 is 5.80. The molecule has 134 valence electrons. The number of H-pyrrole nitrogens is 1. The van der Waals surface area contributed by atoms with Gasteiger partial charge in [-0.2, -0.15) is 0 Å². The van der Waals surface area contributed by atoms with Crippen molar-refractivity contribution < 1.29 is 9.53 Å². The Labute approximate surface area is 147 Å². The van der Waals surface area contributed by atoms with Gasteiger partial charge in [-0.3, -0.25) is 9.59 Å². The Morgan fingerprint density at radius 3 is 2.60 bits per heavy atom. The van der Waals surface area contributed by atoms with Gasteiger partial charge in [0.25, 0.3) is 5.56 Å². The monoisotopic (exact) mass is 343 g/mol. The number of benzene rings is 1. The van der Waals surface area contributed by atoms with Crippen molar-refractivity contribution in [2.75, 3.05) is 11.9 Å². The summed E-state index contributed by atoms with van der Waals surface area (Å²) in [7, 11) is 0. The van der Waals surface area contributed by atoms with Crippen LogP contribution in [0.25, 0.3) is 11.4 Å². The molecule has 0 saturated carbocycles. The zero-order valence-electron chi connectivity index (χ0n) is 15.2. The SMILES string of the molecule is CCCOc1ccc(NC(C)=O)cc1-c1nc(CC)c(CC)c(=O)[nH]1. The predicted molar refractivity (Wildman–Crippen MR) is 99.1 cm³/mol. The number of hydrogen-bond acceptors (Lipinski definition) is 4. The third kappa shape index (κ3) is 4.47. The van der Waals surface area contributed by atoms with E-state index in [1.54, 1.807) is 18.2 Å². The standard InChI is InChI=1S/C19H25N3O3/c1-5-10-25-17-9-8-13(20-12(4)23)11-15(17)18-21-16(7-3)14(6-2)19(24)22-18/h8-9,11H,5-7,10H2,1-4H3,(H,20,23)(H,21,22,24). The summed E-state index contributed by atoms with van der Waals surface area (Å²) in [6, 6.07) is 5.33. The summed E-state index contributed by atoms with van der Waals surface area (Å²) >= 11 is 0. The van der Waals surface area contributed by atoms with E-state index in [-0.39, 0.29) is 11.5 Å². The number of aryl methyl sites for hydroxylation is 1. The van der Waals surface area contributed by atoms with Crippen molar-refractivity contribution in [3.05, 3.63) is 39.8 Å². The average molecular weight is 343 g/mol. The van der Waals surface area contributed by atoms with E-state index >= 15 is 0 Å². The lowest BCUT2D eigenvalue weighted by Gasteiger charge is -2.14. The van der Waals surface area contributed by atoms with Gasteiger partial charge in [0.2, 0.25) is 5.91 Å². The van der Waals surface area contributed by atoms with Gasteiger partial charge in [-0.05, 0) is 37.5 Å². The topological polar surface area (TPSA) is 84.1 Å². The molecule has 0 atom stereocenters. The second kappa shape index (κ2) is 8.46. The zero-order chi connectivity index (χ0) is 18.4. The first-order chi connectivity index (χ1) is 12.0. The van der Waals surface area contributed by atoms with E-state index in [9.17, 15) is 9.59 Å². The first-order valence-corrected chi connectivity index (χ1v) is 8.66. The Hall–Kier alpha value is -2.63. The van der Waals surface area contributed by atoms with Crippen LogP contribution in [0.1, 0.15) is 45.4 Å². The Morgan fingerprint density at radius 1 is 1.24 bits per heavy atom. The van der Waals surface area contributed by atoms with Crippen molar-refractivity contribution in [2.24, 2.45) is 0 Å². The largest absolute Gasteiger partial charge is 0.493 e. The fourth-order valence-corrected chi connectivity index (χ4v) is 2.66. The number of anilines is 1. The van der Waals surface area contributed by atoms with Gasteiger partial charge in [-0.25, -0.2) is 4.98 Å². The van der Waals surface area contributed by atoms with Gasteiger partial charge >= 0.3 is 0 Å². The highest BCUT2D eigenvalue weighted by Gasteiger charge is 2.15. The highest BCUT2D eigenvalue weighted by atomic mass is 16.5. The van der Waals surface area contributed by atoms with E-state index < -0.39 is 0 Å². The molecule has 0 aliphatic carbocycles. The number of amides is 1. The second-order valence-corrected chi connectivity index (χ2v) is 5.79. The molecule has 0 bridgehead atoms. The quantitative estimate of drug-likeness (QED) is 0.808. The van der Waals surface area contributed by atoms with Gasteiger partial charge < -0.3 is 15.0 Å². The normalized spacial score (nSPS) is 10.6. The molecule has 0 unspecified atom stereocenters. The minimum Gasteiger partial charge on any atom is -0.493 e. The first-order valence-electron chi connectivity index (χ1n) is 8.66. The average Bonchev–Trinajstić information content (AvgIpc) is 2.59. The molecule has 1 amide bonds. The van der Waals surface area contributed by atoms with Crippen molar-refractivity contribution in [3.63, 3.8) is 0 Å². The Balaban J connectivity index is 2.59. The van der Waals surface area contributed by atoms with E-state index in [1.165, 1.54) is 6.92 Å². The van der Waals surface area contributed by atoms with Crippen molar-refractivity contribution in [1.82, 2.24) is 9.97 Å². The van der Waals surface area contributed by atoms with E-state index in [0.29, 0.717) is 47.8 Å². The van der Waals surface area contributed by atoms with Crippen molar-refractivity contribution in [2.45, 2.75) is 47.0 Å². The van der Waals surface area contributed by atoms with Gasteiger partial charge in [0.15, 0.2) is 0 Å². The van der Waals surface area contributed by atoms with Crippen LogP contribution in [0.2, 0.25) is 0 Å². The molecule has 1 heterocycles. The van der Waals surface area contributed by atoms with Crippen LogP contribution in [0.3, 0.4) is 0 Å². The third-order valence-corrected chi connectivity index (χ3v) is 3.81. The summed E-state index contributed by atoms with van der Waals surface area (Å²) in [4.78, 5) is 31.2. The fourth-order valence-electron chi connectivity index (χ4n) is 2.66. The minimum atomic E-state index is -0.162. The number of carbonyl (C=O) groups is 1. The van der Waals surface area contributed by atoms with Crippen molar-refractivity contribution >= 4 is 11.6 Å². The molecule has 2 aromatic rings. The van der Waals surface area contributed by atoms with E-state index in [4.69, 9.17) is 4.74 Å². The summed E-state index contributed by atoms with van der Waals surface area (Å²) in [5.41, 5.74) is 2.66. The lowest BCUT2D eigenvalue weighted by atomic mass is 10.1. The number of aromatic amines is 1. The number of ether oxygens (including phenoxy) is 1. The molecule has 0 spiro atoms. The molecule has 6 heteroatoms. The molecule has 25 heavy (non-hydrogen) atoms. The van der Waals surface area contributed by atoms with Crippen LogP contribution in [-0.4, -0.2) is 22.5 Å². The van der Waals surface area contributed by atoms with E-state index in [0.717, 1.165) is 12.1 Å². The Morgan fingerprint density at radius 2 is 2.00 bits per heavy atom. The molecule has 0 aliphatic rings. The molecule has 1 aromatic heterocycles. The van der Waals surface area contributed by atoms with Crippen molar-refractivity contribution in [3.8, 4) is 17.1 Å². The van der Waals surface area contributed by atoms with Gasteiger partial charge in [-0.1, -0.05) is 20.8 Å². The summed E-state index contributed by atoms with van der Waals surface area (Å²) in [5, 5.41) is 2.75. The number of hydrogen-bond donors (Lipinski definition) is 2. The molecular formula is C19H25N3O3. The Kier molecular flexibility index (Phi) is 6.33. The molecule has 0 fully saturated rings. The summed E-state index contributed by atoms with van der Waals surface area (Å²) in [6.07, 6.45) is 2.18. The number of nitrogens with one attached hydrogen (secondary N) is 2. The highest BCUT2D eigenvalue weighted by Crippen LogP contribution is 2.31. The van der Waals surface area contributed by atoms with Crippen LogP contribution in [0, 0.1) is 0 Å². The van der Waals surface area contributed by atoms with Crippen LogP contribution in [0.5, 0.6) is 5.75 Å². The van der Waals surface area contributed by atoms with E-state index in [1.807, 2.05) is 20.8 Å². The van der Waals surface area contributed by atoms with Crippen molar-refractivity contribution in [1.29, 1.82) is 0 Å². The zero-order valence-corrected chi connectivity index (χ0v) is 15.2. The molecule has 6 nitrogen and oxygen atoms in total. The Bertz CT molecular complexity index is 812. The lowest BCUT2D eigenvalue weighted by Crippen LogP contribution is -2.18. The second-order valence-electron chi connectivity index (χ2n) is 5.79. The van der Waals surface area contributed by atoms with Crippen LogP contribution in [-0.2, 0) is 17.6 Å². The molecule has 2 rings (SSSR count). The number of aromatic nitrogens is 2. The van der Waals surface area contributed by atoms with Crippen LogP contribution < -0.4 is 15.6 Å². The van der Waals surface area contributed by atoms with Gasteiger partial charge in [-0.15, -0.1) is 0 Å². The summed E-state index contributed by atoms with van der Waals surface area (Å²) in [5.74, 6) is 0.924. The first kappa shape index (κ1) is 18.7. The van der Waals surface area contributed by atoms with Gasteiger partial charge in [0, 0.05) is 18.2 Å². The predicted octanol–water partition coefficient (Wildman–Crippen LogP) is 3.31. The van der Waals surface area contributed by atoms with E-state index in [2.05, 4.69) is 15.3 Å². The minimum absolute atomic E-state index is 0.129. The van der Waals surface area contributed by atoms with Crippen LogP contribution in [0.4, 0.5) is 5.69 Å². The maximum absolute atomic E-state index is 12.4. The van der Waals surface area contributed by atoms with Crippen LogP contribution in [0.15, 0.2) is 23.0 Å². The molecule has 0 aliphatic heterocycles. The lowest BCUT2D eigenvalue weighted by molar-refractivity contribution is -0.114. The smallest absolute Gasteiger partial charge is 0.254 e.